The maximum Gasteiger partial charge on any atom is 0.416 e. The molecule has 0 saturated carbocycles. The summed E-state index contributed by atoms with van der Waals surface area (Å²) >= 11 is 0. The zero-order chi connectivity index (χ0) is 33.0. The van der Waals surface area contributed by atoms with Crippen LogP contribution >= 0.6 is 0 Å². The minimum absolute atomic E-state index is 0.00212. The van der Waals surface area contributed by atoms with Crippen molar-refractivity contribution >= 4 is 28.4 Å². The number of nitrogens with zero attached hydrogens (tertiary/aromatic N) is 5. The van der Waals surface area contributed by atoms with Gasteiger partial charge in [-0.15, -0.1) is 5.10 Å². The average molecular weight is 641 g/mol. The van der Waals surface area contributed by atoms with Crippen LogP contribution < -0.4 is 15.4 Å². The molecule has 6 rings (SSSR count). The van der Waals surface area contributed by atoms with E-state index in [4.69, 9.17) is 4.74 Å². The molecule has 4 heterocycles. The Balaban J connectivity index is 1.07. The number of fused-ring (bicyclic) bond motifs is 1. The number of anilines is 2. The number of nitrogens with one attached hydrogen (secondary N) is 3. The fraction of sp³-hybridized carbons (Fsp3) is 0.206. The SMILES string of the molecule is Cc1cc(Nc2cc(C(F)(F)F)ccn2)nc(-c2cn(C(C)C(=O)NCCc3c[nH]c4ccc(OCc5ccccc5)cc34)nn2)c1. The van der Waals surface area contributed by atoms with Crippen molar-refractivity contribution in [1.82, 2.24) is 35.3 Å². The molecule has 0 saturated heterocycles. The van der Waals surface area contributed by atoms with Crippen molar-refractivity contribution < 1.29 is 22.7 Å². The van der Waals surface area contributed by atoms with Crippen LogP contribution in [0, 0.1) is 6.92 Å². The lowest BCUT2D eigenvalue weighted by Crippen LogP contribution is -2.32. The van der Waals surface area contributed by atoms with Gasteiger partial charge in [-0.2, -0.15) is 13.2 Å². The lowest BCUT2D eigenvalue weighted by atomic mass is 10.1. The van der Waals surface area contributed by atoms with Crippen LogP contribution in [0.15, 0.2) is 91.4 Å². The summed E-state index contributed by atoms with van der Waals surface area (Å²) in [4.78, 5) is 24.8. The number of benzene rings is 2. The molecule has 2 aromatic carbocycles. The van der Waals surface area contributed by atoms with E-state index in [9.17, 15) is 18.0 Å². The Morgan fingerprint density at radius 2 is 1.85 bits per heavy atom. The minimum atomic E-state index is -4.50. The van der Waals surface area contributed by atoms with Crippen LogP contribution in [0.25, 0.3) is 22.3 Å². The Hall–Kier alpha value is -5.72. The van der Waals surface area contributed by atoms with Gasteiger partial charge in [0.15, 0.2) is 0 Å². The molecule has 1 amide bonds. The zero-order valence-electron chi connectivity index (χ0n) is 25.5. The van der Waals surface area contributed by atoms with Crippen molar-refractivity contribution in [2.24, 2.45) is 0 Å². The maximum atomic E-state index is 13.1. The summed E-state index contributed by atoms with van der Waals surface area (Å²) in [7, 11) is 0. The van der Waals surface area contributed by atoms with Gasteiger partial charge in [-0.25, -0.2) is 14.6 Å². The van der Waals surface area contributed by atoms with Gasteiger partial charge in [0.05, 0.1) is 17.5 Å². The molecule has 1 atom stereocenters. The van der Waals surface area contributed by atoms with E-state index in [0.29, 0.717) is 36.8 Å². The van der Waals surface area contributed by atoms with Gasteiger partial charge in [0, 0.05) is 29.8 Å². The second-order valence-electron chi connectivity index (χ2n) is 11.1. The number of aromatic nitrogens is 6. The van der Waals surface area contributed by atoms with E-state index in [1.807, 2.05) is 61.7 Å². The highest BCUT2D eigenvalue weighted by molar-refractivity contribution is 5.85. The summed E-state index contributed by atoms with van der Waals surface area (Å²) in [6.45, 7) is 4.42. The molecule has 1 unspecified atom stereocenters. The van der Waals surface area contributed by atoms with Crippen molar-refractivity contribution in [3.63, 3.8) is 0 Å². The molecule has 0 aliphatic rings. The molecule has 0 bridgehead atoms. The van der Waals surface area contributed by atoms with Gasteiger partial charge in [-0.1, -0.05) is 35.5 Å². The molecule has 0 aliphatic carbocycles. The molecule has 240 valence electrons. The fourth-order valence-corrected chi connectivity index (χ4v) is 5.04. The summed E-state index contributed by atoms with van der Waals surface area (Å²) in [5.74, 6) is 0.824. The number of hydrogen-bond acceptors (Lipinski definition) is 7. The Morgan fingerprint density at radius 1 is 1.02 bits per heavy atom. The Labute approximate surface area is 268 Å². The molecule has 13 heteroatoms. The first kappa shape index (κ1) is 31.3. The third-order valence-corrected chi connectivity index (χ3v) is 7.54. The number of carbonyl (C=O) groups is 1. The van der Waals surface area contributed by atoms with Gasteiger partial charge >= 0.3 is 6.18 Å². The standard InChI is InChI=1S/C34H31F3N8O2/c1-21-14-29(41-32(15-21)42-31-16-25(11-13-38-31)34(35,36)37)30-19-45(44-43-30)22(2)33(46)39-12-10-24-18-40-28-9-8-26(17-27(24)28)47-20-23-6-4-3-5-7-23/h3-9,11,13-19,22,40H,10,12,20H2,1-2H3,(H,39,46)(H,38,41,42). The van der Waals surface area contributed by atoms with Crippen molar-refractivity contribution in [3.05, 3.63) is 114 Å². The normalized spacial score (nSPS) is 12.2. The molecular weight excluding hydrogens is 609 g/mol. The third-order valence-electron chi connectivity index (χ3n) is 7.54. The number of halogens is 3. The molecule has 47 heavy (non-hydrogen) atoms. The van der Waals surface area contributed by atoms with Crippen molar-refractivity contribution in [2.45, 2.75) is 39.1 Å². The molecule has 10 nitrogen and oxygen atoms in total. The summed E-state index contributed by atoms with van der Waals surface area (Å²) in [5.41, 5.74) is 3.92. The highest BCUT2D eigenvalue weighted by atomic mass is 19.4. The maximum absolute atomic E-state index is 13.1. The fourth-order valence-electron chi connectivity index (χ4n) is 5.04. The number of ether oxygens (including phenoxy) is 1. The summed E-state index contributed by atoms with van der Waals surface area (Å²) in [5, 5.41) is 15.1. The number of alkyl halides is 3. The first-order valence-corrected chi connectivity index (χ1v) is 14.9. The van der Waals surface area contributed by atoms with Gasteiger partial charge in [0.1, 0.15) is 35.7 Å². The molecular formula is C34H31F3N8O2. The first-order chi connectivity index (χ1) is 22.6. The predicted octanol–water partition coefficient (Wildman–Crippen LogP) is 6.79. The minimum Gasteiger partial charge on any atom is -0.489 e. The molecule has 0 aliphatic heterocycles. The molecule has 3 N–H and O–H groups in total. The number of aryl methyl sites for hydroxylation is 1. The number of H-pyrrole nitrogens is 1. The lowest BCUT2D eigenvalue weighted by Gasteiger charge is -2.12. The topological polar surface area (TPSA) is 123 Å². The van der Waals surface area contributed by atoms with E-state index in [0.717, 1.165) is 51.7 Å². The van der Waals surface area contributed by atoms with Gasteiger partial charge in [0.25, 0.3) is 0 Å². The van der Waals surface area contributed by atoms with Crippen molar-refractivity contribution in [2.75, 3.05) is 11.9 Å². The van der Waals surface area contributed by atoms with E-state index in [2.05, 4.69) is 35.9 Å². The second-order valence-corrected chi connectivity index (χ2v) is 11.1. The number of carbonyl (C=O) groups excluding carboxylic acids is 1. The zero-order valence-corrected chi connectivity index (χ0v) is 25.5. The Kier molecular flexibility index (Phi) is 8.87. The number of pyridine rings is 2. The monoisotopic (exact) mass is 640 g/mol. The molecule has 0 radical (unpaired) electrons. The summed E-state index contributed by atoms with van der Waals surface area (Å²) in [6, 6.07) is 20.5. The van der Waals surface area contributed by atoms with Crippen molar-refractivity contribution in [3.8, 4) is 17.1 Å². The molecule has 6 aromatic rings. The van der Waals surface area contributed by atoms with Gasteiger partial charge in [-0.3, -0.25) is 4.79 Å². The lowest BCUT2D eigenvalue weighted by molar-refractivity contribution is -0.137. The van der Waals surface area contributed by atoms with E-state index >= 15 is 0 Å². The highest BCUT2D eigenvalue weighted by Crippen LogP contribution is 2.31. The summed E-state index contributed by atoms with van der Waals surface area (Å²) in [6.07, 6.45) is 0.734. The van der Waals surface area contributed by atoms with E-state index in [1.165, 1.54) is 4.68 Å². The number of hydrogen-bond donors (Lipinski definition) is 3. The predicted molar refractivity (Wildman–Crippen MR) is 171 cm³/mol. The van der Waals surface area contributed by atoms with Crippen LogP contribution in [-0.4, -0.2) is 42.4 Å². The smallest absolute Gasteiger partial charge is 0.416 e. The highest BCUT2D eigenvalue weighted by Gasteiger charge is 2.30. The molecule has 0 fully saturated rings. The van der Waals surface area contributed by atoms with Gasteiger partial charge in [0.2, 0.25) is 5.91 Å². The van der Waals surface area contributed by atoms with Crippen LogP contribution in [0.4, 0.5) is 24.8 Å². The average Bonchev–Trinajstić information content (AvgIpc) is 3.71. The van der Waals surface area contributed by atoms with Gasteiger partial charge in [-0.05, 0) is 79.4 Å². The first-order valence-electron chi connectivity index (χ1n) is 14.9. The number of aromatic amines is 1. The third kappa shape index (κ3) is 7.57. The van der Waals surface area contributed by atoms with E-state index < -0.39 is 17.8 Å². The van der Waals surface area contributed by atoms with E-state index in [1.54, 1.807) is 25.3 Å². The number of rotatable bonds is 11. The van der Waals surface area contributed by atoms with E-state index in [-0.39, 0.29) is 11.7 Å². The second kappa shape index (κ2) is 13.3. The van der Waals surface area contributed by atoms with Crippen LogP contribution in [0.2, 0.25) is 0 Å². The van der Waals surface area contributed by atoms with Crippen LogP contribution in [0.1, 0.15) is 35.2 Å². The largest absolute Gasteiger partial charge is 0.489 e. The quantitative estimate of drug-likeness (QED) is 0.143. The Morgan fingerprint density at radius 3 is 2.66 bits per heavy atom. The van der Waals surface area contributed by atoms with Crippen LogP contribution in [0.5, 0.6) is 5.75 Å². The summed E-state index contributed by atoms with van der Waals surface area (Å²) < 4.78 is 46.8. The molecule has 0 spiro atoms. The van der Waals surface area contributed by atoms with Crippen LogP contribution in [0.3, 0.4) is 0 Å². The van der Waals surface area contributed by atoms with Crippen LogP contribution in [-0.2, 0) is 24.0 Å². The molecule has 4 aromatic heterocycles. The van der Waals surface area contributed by atoms with Gasteiger partial charge < -0.3 is 20.4 Å². The Bertz CT molecular complexity index is 2010. The number of amides is 1. The van der Waals surface area contributed by atoms with Crippen molar-refractivity contribution in [1.29, 1.82) is 0 Å².